The van der Waals surface area contributed by atoms with Crippen molar-refractivity contribution in [2.45, 2.75) is 38.0 Å². The Morgan fingerprint density at radius 1 is 1.32 bits per heavy atom. The van der Waals surface area contributed by atoms with Crippen LogP contribution in [0.3, 0.4) is 0 Å². The summed E-state index contributed by atoms with van der Waals surface area (Å²) in [4.78, 5) is 2.47. The second-order valence-electron chi connectivity index (χ2n) is 6.69. The van der Waals surface area contributed by atoms with E-state index >= 15 is 0 Å². The lowest BCUT2D eigenvalue weighted by atomic mass is 9.66. The van der Waals surface area contributed by atoms with Crippen LogP contribution in [-0.2, 0) is 16.0 Å². The molecule has 3 fully saturated rings. The van der Waals surface area contributed by atoms with E-state index in [4.69, 9.17) is 9.47 Å². The van der Waals surface area contributed by atoms with Gasteiger partial charge in [0.15, 0.2) is 0 Å². The topological polar surface area (TPSA) is 67.7 Å². The fourth-order valence-electron chi connectivity index (χ4n) is 4.33. The molecule has 22 heavy (non-hydrogen) atoms. The fraction of sp³-hybridized carbons (Fsp3) is 0.867. The first-order valence-corrected chi connectivity index (χ1v) is 8.89. The second kappa shape index (κ2) is 5.79. The van der Waals surface area contributed by atoms with Crippen molar-refractivity contribution in [3.8, 4) is 0 Å². The molecular formula is C15H23N3O3S. The lowest BCUT2D eigenvalue weighted by Crippen LogP contribution is -2.67. The molecule has 122 valence electrons. The molecule has 0 bridgehead atoms. The number of aromatic nitrogens is 2. The van der Waals surface area contributed by atoms with Crippen LogP contribution < -0.4 is 0 Å². The van der Waals surface area contributed by atoms with Crippen molar-refractivity contribution >= 4 is 11.3 Å². The van der Waals surface area contributed by atoms with Crippen LogP contribution in [0.1, 0.15) is 22.9 Å². The summed E-state index contributed by atoms with van der Waals surface area (Å²) in [7, 11) is 0. The number of nitrogens with zero attached hydrogens (tertiary/aromatic N) is 3. The number of piperidine rings is 1. The van der Waals surface area contributed by atoms with Gasteiger partial charge in [-0.3, -0.25) is 4.90 Å². The molecule has 0 amide bonds. The highest BCUT2D eigenvalue weighted by molar-refractivity contribution is 7.11. The van der Waals surface area contributed by atoms with Crippen molar-refractivity contribution in [3.63, 3.8) is 0 Å². The molecule has 1 N–H and O–H groups in total. The summed E-state index contributed by atoms with van der Waals surface area (Å²) in [5, 5.41) is 21.7. The fourth-order valence-corrected chi connectivity index (χ4v) is 5.06. The lowest BCUT2D eigenvalue weighted by molar-refractivity contribution is -0.221. The van der Waals surface area contributed by atoms with E-state index in [1.807, 2.05) is 6.92 Å². The van der Waals surface area contributed by atoms with Gasteiger partial charge in [-0.05, 0) is 13.3 Å². The Balaban J connectivity index is 1.59. The van der Waals surface area contributed by atoms with Crippen LogP contribution in [0.2, 0.25) is 0 Å². The van der Waals surface area contributed by atoms with Gasteiger partial charge in [0.2, 0.25) is 0 Å². The SMILES string of the molecule is Cc1nnc(CN2C[C@H]3COCC[C@@]3(O)[C@@H]3COCC[C@@H]32)s1. The first-order chi connectivity index (χ1) is 10.7. The third-order valence-electron chi connectivity index (χ3n) is 5.46. The van der Waals surface area contributed by atoms with E-state index in [1.165, 1.54) is 0 Å². The van der Waals surface area contributed by atoms with Gasteiger partial charge >= 0.3 is 0 Å². The van der Waals surface area contributed by atoms with Gasteiger partial charge in [-0.15, -0.1) is 21.5 Å². The van der Waals surface area contributed by atoms with Gasteiger partial charge in [0, 0.05) is 44.1 Å². The molecule has 0 radical (unpaired) electrons. The summed E-state index contributed by atoms with van der Waals surface area (Å²) < 4.78 is 11.3. The predicted octanol–water partition coefficient (Wildman–Crippen LogP) is 0.835. The van der Waals surface area contributed by atoms with E-state index in [1.54, 1.807) is 11.3 Å². The molecule has 1 aromatic rings. The zero-order valence-corrected chi connectivity index (χ0v) is 13.7. The van der Waals surface area contributed by atoms with Gasteiger partial charge in [0.1, 0.15) is 10.0 Å². The molecule has 0 unspecified atom stereocenters. The van der Waals surface area contributed by atoms with Gasteiger partial charge in [0.25, 0.3) is 0 Å². The molecule has 3 aliphatic heterocycles. The van der Waals surface area contributed by atoms with Crippen molar-refractivity contribution in [1.29, 1.82) is 0 Å². The largest absolute Gasteiger partial charge is 0.389 e. The molecule has 7 heteroatoms. The molecule has 0 aliphatic carbocycles. The van der Waals surface area contributed by atoms with Crippen molar-refractivity contribution < 1.29 is 14.6 Å². The van der Waals surface area contributed by atoms with Gasteiger partial charge in [-0.1, -0.05) is 0 Å². The van der Waals surface area contributed by atoms with Crippen molar-refractivity contribution in [2.75, 3.05) is 33.0 Å². The highest BCUT2D eigenvalue weighted by atomic mass is 32.1. The number of hydrogen-bond acceptors (Lipinski definition) is 7. The second-order valence-corrected chi connectivity index (χ2v) is 7.96. The first-order valence-electron chi connectivity index (χ1n) is 8.08. The Kier molecular flexibility index (Phi) is 3.94. The molecule has 0 aromatic carbocycles. The summed E-state index contributed by atoms with van der Waals surface area (Å²) >= 11 is 1.66. The molecule has 3 aliphatic rings. The van der Waals surface area contributed by atoms with E-state index in [0.29, 0.717) is 25.9 Å². The molecular weight excluding hydrogens is 302 g/mol. The van der Waals surface area contributed by atoms with Crippen LogP contribution in [0.5, 0.6) is 0 Å². The van der Waals surface area contributed by atoms with E-state index in [2.05, 4.69) is 15.1 Å². The third-order valence-corrected chi connectivity index (χ3v) is 6.29. The Hall–Kier alpha value is -0.600. The molecule has 1 aromatic heterocycles. The highest BCUT2D eigenvalue weighted by Crippen LogP contribution is 2.44. The number of hydrogen-bond donors (Lipinski definition) is 1. The van der Waals surface area contributed by atoms with Gasteiger partial charge in [-0.2, -0.15) is 0 Å². The van der Waals surface area contributed by atoms with E-state index in [9.17, 15) is 5.11 Å². The Morgan fingerprint density at radius 3 is 3.00 bits per heavy atom. The standard InChI is InChI=1S/C15H23N3O3S/c1-10-16-17-14(22-10)7-18-6-11-8-21-5-3-15(11,19)12-9-20-4-2-13(12)18/h11-13,19H,2-9H2,1H3/t11-,12+,13-,15-/m0/s1. The third kappa shape index (κ3) is 2.49. The van der Waals surface area contributed by atoms with Crippen molar-refractivity contribution in [2.24, 2.45) is 11.8 Å². The van der Waals surface area contributed by atoms with Crippen LogP contribution in [0.25, 0.3) is 0 Å². The Bertz CT molecular complexity index is 540. The van der Waals surface area contributed by atoms with Crippen LogP contribution in [-0.4, -0.2) is 64.8 Å². The lowest BCUT2D eigenvalue weighted by Gasteiger charge is -2.57. The Morgan fingerprint density at radius 2 is 2.18 bits per heavy atom. The van der Waals surface area contributed by atoms with Crippen molar-refractivity contribution in [1.82, 2.24) is 15.1 Å². The minimum Gasteiger partial charge on any atom is -0.389 e. The normalized spacial score (nSPS) is 39.3. The number of ether oxygens (including phenoxy) is 2. The van der Waals surface area contributed by atoms with E-state index in [0.717, 1.165) is 42.6 Å². The number of aliphatic hydroxyl groups is 1. The minimum atomic E-state index is -0.628. The summed E-state index contributed by atoms with van der Waals surface area (Å²) in [5.41, 5.74) is -0.628. The molecule has 4 heterocycles. The maximum Gasteiger partial charge on any atom is 0.131 e. The van der Waals surface area contributed by atoms with Crippen LogP contribution in [0.4, 0.5) is 0 Å². The first kappa shape index (κ1) is 15.0. The zero-order valence-electron chi connectivity index (χ0n) is 12.9. The molecule has 3 saturated heterocycles. The van der Waals surface area contributed by atoms with Gasteiger partial charge < -0.3 is 14.6 Å². The van der Waals surface area contributed by atoms with E-state index < -0.39 is 5.60 Å². The van der Waals surface area contributed by atoms with Crippen LogP contribution >= 0.6 is 11.3 Å². The van der Waals surface area contributed by atoms with Gasteiger partial charge in [-0.25, -0.2) is 0 Å². The highest BCUT2D eigenvalue weighted by Gasteiger charge is 2.55. The number of likely N-dealkylation sites (tertiary alicyclic amines) is 1. The summed E-state index contributed by atoms with van der Waals surface area (Å²) in [6.07, 6.45) is 1.71. The van der Waals surface area contributed by atoms with Gasteiger partial charge in [0.05, 0.1) is 25.4 Å². The number of rotatable bonds is 2. The molecule has 4 atom stereocenters. The minimum absolute atomic E-state index is 0.165. The van der Waals surface area contributed by atoms with E-state index in [-0.39, 0.29) is 11.8 Å². The molecule has 6 nitrogen and oxygen atoms in total. The monoisotopic (exact) mass is 325 g/mol. The maximum atomic E-state index is 11.3. The smallest absolute Gasteiger partial charge is 0.131 e. The maximum absolute atomic E-state index is 11.3. The quantitative estimate of drug-likeness (QED) is 0.869. The number of aryl methyl sites for hydroxylation is 1. The average molecular weight is 325 g/mol. The molecule has 0 spiro atoms. The average Bonchev–Trinajstić information content (AvgIpc) is 2.94. The van der Waals surface area contributed by atoms with Crippen molar-refractivity contribution in [3.05, 3.63) is 10.0 Å². The zero-order chi connectivity index (χ0) is 15.2. The van der Waals surface area contributed by atoms with Crippen LogP contribution in [0.15, 0.2) is 0 Å². The number of fused-ring (bicyclic) bond motifs is 3. The summed E-state index contributed by atoms with van der Waals surface area (Å²) in [6.45, 7) is 6.42. The summed E-state index contributed by atoms with van der Waals surface area (Å²) in [6, 6.07) is 0.373. The van der Waals surface area contributed by atoms with Crippen LogP contribution in [0, 0.1) is 18.8 Å². The predicted molar refractivity (Wildman–Crippen MR) is 81.6 cm³/mol. The Labute approximate surface area is 134 Å². The summed E-state index contributed by atoms with van der Waals surface area (Å²) in [5.74, 6) is 0.344. The molecule has 0 saturated carbocycles. The molecule has 4 rings (SSSR count).